The number of aryl methyl sites for hydroxylation is 1. The largest absolute Gasteiger partial charge is 0.371 e. The van der Waals surface area contributed by atoms with Gasteiger partial charge in [0.1, 0.15) is 17.2 Å². The van der Waals surface area contributed by atoms with Gasteiger partial charge in [-0.05, 0) is 5.92 Å². The fourth-order valence-electron chi connectivity index (χ4n) is 3.74. The van der Waals surface area contributed by atoms with Crippen LogP contribution in [0.4, 0.5) is 21.8 Å². The number of fused-ring (bicyclic) bond motifs is 1. The number of nitrogens with one attached hydrogen (secondary N) is 3. The minimum absolute atomic E-state index is 0.155. The minimum Gasteiger partial charge on any atom is -0.371 e. The summed E-state index contributed by atoms with van der Waals surface area (Å²) in [5.74, 6) is -0.145. The zero-order valence-electron chi connectivity index (χ0n) is 17.5. The molecule has 5 atom stereocenters. The lowest BCUT2D eigenvalue weighted by molar-refractivity contribution is 0.0690. The minimum atomic E-state index is -3.66. The Hall–Kier alpha value is -2.06. The molecule has 4 rings (SSSR count). The molecule has 0 saturated carbocycles. The molecule has 3 unspecified atom stereocenters. The van der Waals surface area contributed by atoms with E-state index in [1.54, 1.807) is 31.0 Å². The number of halogens is 2. The molecular formula is C18H25ClFN7O4S. The SMILES string of the molecule is CC(CF)CS(=O)(=O)N[C@H]1COC2C1OC[C@H]2Nc1nc(Nc2cnn(C)c2)ncc1Cl. The van der Waals surface area contributed by atoms with Gasteiger partial charge in [-0.25, -0.2) is 18.1 Å². The Kier molecular flexibility index (Phi) is 6.81. The second kappa shape index (κ2) is 9.43. The van der Waals surface area contributed by atoms with Crippen molar-refractivity contribution < 1.29 is 22.3 Å². The molecule has 0 amide bonds. The Bertz CT molecular complexity index is 1060. The topological polar surface area (TPSA) is 132 Å². The molecule has 0 aromatic carbocycles. The lowest BCUT2D eigenvalue weighted by Gasteiger charge is -2.19. The highest BCUT2D eigenvalue weighted by molar-refractivity contribution is 7.89. The fourth-order valence-corrected chi connectivity index (χ4v) is 5.48. The number of hydrogen-bond acceptors (Lipinski definition) is 9. The Balaban J connectivity index is 1.40. The maximum absolute atomic E-state index is 12.7. The molecular weight excluding hydrogens is 465 g/mol. The standard InChI is InChI=1S/C18H25ClFN7O4S/c1-10(3-20)9-32(28,29)26-14-8-31-15-13(7-30-16(14)15)24-17-12(19)5-21-18(25-17)23-11-4-22-27(2)6-11/h4-6,10,13-16,26H,3,7-9H2,1-2H3,(H2,21,23,24,25)/t10?,13-,14+,15?,16?/m1/s1. The third-order valence-corrected chi connectivity index (χ3v) is 7.13. The van der Waals surface area contributed by atoms with Crippen LogP contribution < -0.4 is 15.4 Å². The summed E-state index contributed by atoms with van der Waals surface area (Å²) in [5.41, 5.74) is 0.723. The van der Waals surface area contributed by atoms with Gasteiger partial charge in [0.15, 0.2) is 5.82 Å². The Morgan fingerprint density at radius 2 is 2.00 bits per heavy atom. The van der Waals surface area contributed by atoms with Crippen molar-refractivity contribution in [2.45, 2.75) is 31.2 Å². The Labute approximate surface area is 190 Å². The third-order valence-electron chi connectivity index (χ3n) is 5.18. The van der Waals surface area contributed by atoms with Crippen molar-refractivity contribution >= 4 is 39.1 Å². The van der Waals surface area contributed by atoms with Gasteiger partial charge in [-0.15, -0.1) is 0 Å². The normalized spacial score (nSPS) is 26.1. The Morgan fingerprint density at radius 1 is 1.28 bits per heavy atom. The van der Waals surface area contributed by atoms with E-state index in [9.17, 15) is 12.8 Å². The molecule has 4 heterocycles. The number of hydrogen-bond donors (Lipinski definition) is 3. The number of aromatic nitrogens is 4. The zero-order chi connectivity index (χ0) is 22.9. The molecule has 14 heteroatoms. The number of sulfonamides is 1. The summed E-state index contributed by atoms with van der Waals surface area (Å²) in [4.78, 5) is 8.58. The van der Waals surface area contributed by atoms with Crippen LogP contribution in [0.15, 0.2) is 18.6 Å². The van der Waals surface area contributed by atoms with E-state index in [-0.39, 0.29) is 25.0 Å². The van der Waals surface area contributed by atoms with Gasteiger partial charge in [0, 0.05) is 13.2 Å². The summed E-state index contributed by atoms with van der Waals surface area (Å²) in [6, 6.07) is -0.842. The molecule has 176 valence electrons. The Morgan fingerprint density at radius 3 is 2.69 bits per heavy atom. The summed E-state index contributed by atoms with van der Waals surface area (Å²) in [5, 5.41) is 10.7. The van der Waals surface area contributed by atoms with Gasteiger partial charge in [0.2, 0.25) is 16.0 Å². The first-order valence-corrected chi connectivity index (χ1v) is 12.1. The van der Waals surface area contributed by atoms with Crippen molar-refractivity contribution in [1.82, 2.24) is 24.5 Å². The number of anilines is 3. The van der Waals surface area contributed by atoms with E-state index in [0.717, 1.165) is 5.69 Å². The molecule has 32 heavy (non-hydrogen) atoms. The first-order chi connectivity index (χ1) is 15.2. The molecule has 0 bridgehead atoms. The summed E-state index contributed by atoms with van der Waals surface area (Å²) in [6.45, 7) is 1.28. The van der Waals surface area contributed by atoms with Crippen molar-refractivity contribution in [1.29, 1.82) is 0 Å². The zero-order valence-corrected chi connectivity index (χ0v) is 19.1. The van der Waals surface area contributed by atoms with Crippen molar-refractivity contribution in [3.8, 4) is 0 Å². The highest BCUT2D eigenvalue weighted by Crippen LogP contribution is 2.31. The molecule has 0 spiro atoms. The summed E-state index contributed by atoms with van der Waals surface area (Å²) >= 11 is 6.27. The molecule has 2 aromatic rings. The molecule has 2 saturated heterocycles. The number of nitrogens with zero attached hydrogens (tertiary/aromatic N) is 4. The van der Waals surface area contributed by atoms with Crippen LogP contribution in [0.3, 0.4) is 0 Å². The molecule has 2 aliphatic heterocycles. The van der Waals surface area contributed by atoms with E-state index < -0.39 is 40.9 Å². The lowest BCUT2D eigenvalue weighted by atomic mass is 10.1. The predicted octanol–water partition coefficient (Wildman–Crippen LogP) is 1.08. The van der Waals surface area contributed by atoms with Crippen LogP contribution in [0.25, 0.3) is 0 Å². The van der Waals surface area contributed by atoms with E-state index in [4.69, 9.17) is 21.1 Å². The second-order valence-corrected chi connectivity index (χ2v) is 10.2. The molecule has 3 N–H and O–H groups in total. The third kappa shape index (κ3) is 5.29. The first-order valence-electron chi connectivity index (χ1n) is 10.1. The van der Waals surface area contributed by atoms with E-state index in [0.29, 0.717) is 16.8 Å². The number of rotatable bonds is 9. The molecule has 0 radical (unpaired) electrons. The summed E-state index contributed by atoms with van der Waals surface area (Å²) in [6.07, 6.45) is 4.02. The van der Waals surface area contributed by atoms with E-state index in [2.05, 4.69) is 30.4 Å². The van der Waals surface area contributed by atoms with Crippen molar-refractivity contribution in [3.63, 3.8) is 0 Å². The van der Waals surface area contributed by atoms with Gasteiger partial charge in [-0.1, -0.05) is 18.5 Å². The summed E-state index contributed by atoms with van der Waals surface area (Å²) < 4.78 is 53.2. The van der Waals surface area contributed by atoms with E-state index in [1.165, 1.54) is 6.20 Å². The lowest BCUT2D eigenvalue weighted by Crippen LogP contribution is -2.46. The second-order valence-electron chi connectivity index (χ2n) is 8.03. The van der Waals surface area contributed by atoms with Crippen LogP contribution in [0, 0.1) is 5.92 Å². The van der Waals surface area contributed by atoms with Gasteiger partial charge >= 0.3 is 0 Å². The highest BCUT2D eigenvalue weighted by atomic mass is 35.5. The molecule has 2 aromatic heterocycles. The predicted molar refractivity (Wildman–Crippen MR) is 116 cm³/mol. The van der Waals surface area contributed by atoms with Crippen molar-refractivity contribution in [2.75, 3.05) is 36.3 Å². The monoisotopic (exact) mass is 489 g/mol. The van der Waals surface area contributed by atoms with Crippen molar-refractivity contribution in [2.24, 2.45) is 13.0 Å². The van der Waals surface area contributed by atoms with Crippen LogP contribution in [-0.2, 0) is 26.5 Å². The van der Waals surface area contributed by atoms with Crippen LogP contribution in [0.5, 0.6) is 0 Å². The molecule has 2 fully saturated rings. The van der Waals surface area contributed by atoms with Gasteiger partial charge < -0.3 is 20.1 Å². The van der Waals surface area contributed by atoms with Crippen molar-refractivity contribution in [3.05, 3.63) is 23.6 Å². The first kappa shape index (κ1) is 23.1. The van der Waals surface area contributed by atoms with Gasteiger partial charge in [0.05, 0.1) is 55.8 Å². The summed E-state index contributed by atoms with van der Waals surface area (Å²) in [7, 11) is -1.86. The quantitative estimate of drug-likeness (QED) is 0.473. The number of ether oxygens (including phenoxy) is 2. The number of alkyl halides is 1. The fraction of sp³-hybridized carbons (Fsp3) is 0.611. The average Bonchev–Trinajstić information content (AvgIpc) is 3.43. The average molecular weight is 490 g/mol. The van der Waals surface area contributed by atoms with Crippen LogP contribution in [0.2, 0.25) is 5.02 Å². The van der Waals surface area contributed by atoms with Gasteiger partial charge in [-0.3, -0.25) is 9.07 Å². The molecule has 11 nitrogen and oxygen atoms in total. The molecule has 0 aliphatic carbocycles. The smallest absolute Gasteiger partial charge is 0.229 e. The van der Waals surface area contributed by atoms with E-state index in [1.807, 2.05) is 0 Å². The highest BCUT2D eigenvalue weighted by Gasteiger charge is 2.49. The maximum atomic E-state index is 12.7. The maximum Gasteiger partial charge on any atom is 0.229 e. The van der Waals surface area contributed by atoms with Gasteiger partial charge in [-0.2, -0.15) is 10.1 Å². The molecule has 2 aliphatic rings. The van der Waals surface area contributed by atoms with Gasteiger partial charge in [0.25, 0.3) is 0 Å². The van der Waals surface area contributed by atoms with Crippen LogP contribution in [0.1, 0.15) is 6.92 Å². The van der Waals surface area contributed by atoms with E-state index >= 15 is 0 Å². The van der Waals surface area contributed by atoms with Crippen LogP contribution in [-0.4, -0.2) is 78.1 Å². The van der Waals surface area contributed by atoms with Crippen LogP contribution >= 0.6 is 11.6 Å².